The molecule has 0 saturated heterocycles. The third-order valence-corrected chi connectivity index (χ3v) is 3.66. The maximum Gasteiger partial charge on any atom is 0.366 e. The van der Waals surface area contributed by atoms with Gasteiger partial charge in [0.1, 0.15) is 0 Å². The fraction of sp³-hybridized carbons (Fsp3) is 0. The average Bonchev–Trinajstić information content (AvgIpc) is 2.84. The fourth-order valence-corrected chi connectivity index (χ4v) is 2.75. The van der Waals surface area contributed by atoms with Gasteiger partial charge < -0.3 is 4.42 Å². The van der Waals surface area contributed by atoms with Gasteiger partial charge in [-0.05, 0) is 18.2 Å². The molecule has 0 saturated carbocycles. The van der Waals surface area contributed by atoms with E-state index in [0.29, 0.717) is 16.0 Å². The number of aldehydes is 1. The van der Waals surface area contributed by atoms with Gasteiger partial charge in [-0.2, -0.15) is 8.42 Å². The van der Waals surface area contributed by atoms with Gasteiger partial charge in [0.15, 0.2) is 6.29 Å². The Labute approximate surface area is 94.5 Å². The van der Waals surface area contributed by atoms with Crippen LogP contribution in [0.5, 0.6) is 0 Å². The Kier molecular flexibility index (Phi) is 2.64. The Morgan fingerprint density at radius 2 is 2.06 bits per heavy atom. The number of hydrogen-bond acceptors (Lipinski definition) is 5. The lowest BCUT2D eigenvalue weighted by atomic mass is 10.3. The maximum absolute atomic E-state index is 12.8. The van der Waals surface area contributed by atoms with Crippen LogP contribution >= 0.6 is 11.3 Å². The predicted molar refractivity (Wildman–Crippen MR) is 55.7 cm³/mol. The summed E-state index contributed by atoms with van der Waals surface area (Å²) in [5, 5.41) is -0.730. The normalized spacial score (nSPS) is 11.6. The van der Waals surface area contributed by atoms with Gasteiger partial charge in [0.2, 0.25) is 0 Å². The van der Waals surface area contributed by atoms with Crippen molar-refractivity contribution in [1.82, 2.24) is 0 Å². The molecule has 84 valence electrons. The summed E-state index contributed by atoms with van der Waals surface area (Å²) in [5.74, 6) is 0. The minimum Gasteiger partial charge on any atom is -0.450 e. The second-order valence-electron chi connectivity index (χ2n) is 2.88. The van der Waals surface area contributed by atoms with E-state index in [4.69, 9.17) is 0 Å². The zero-order chi connectivity index (χ0) is 11.8. The first-order valence-corrected chi connectivity index (χ1v) is 6.30. The Bertz CT molecular complexity index is 623. The second kappa shape index (κ2) is 3.84. The quantitative estimate of drug-likeness (QED) is 0.628. The van der Waals surface area contributed by atoms with Gasteiger partial charge in [0.25, 0.3) is 5.09 Å². The zero-order valence-corrected chi connectivity index (χ0v) is 9.35. The molecule has 2 rings (SSSR count). The molecule has 7 heteroatoms. The van der Waals surface area contributed by atoms with Crippen molar-refractivity contribution >= 4 is 27.8 Å². The first-order valence-electron chi connectivity index (χ1n) is 4.10. The Morgan fingerprint density at radius 1 is 1.31 bits per heavy atom. The van der Waals surface area contributed by atoms with E-state index in [1.54, 1.807) is 0 Å². The van der Waals surface area contributed by atoms with E-state index in [0.717, 1.165) is 17.6 Å². The molecule has 2 aromatic heterocycles. The third kappa shape index (κ3) is 1.91. The summed E-state index contributed by atoms with van der Waals surface area (Å²) < 4.78 is 38.9. The first kappa shape index (κ1) is 11.0. The highest BCUT2D eigenvalue weighted by molar-refractivity contribution is 7.86. The van der Waals surface area contributed by atoms with Crippen molar-refractivity contribution in [2.45, 2.75) is 5.09 Å². The standard InChI is InChI=1S/C9H5FO4S2/c10-16(12,13)9-7(3-4-14-9)8-2-1-6(5-11)15-8/h1-5H. The van der Waals surface area contributed by atoms with Crippen molar-refractivity contribution in [3.63, 3.8) is 0 Å². The fourth-order valence-electron chi connectivity index (χ4n) is 1.23. The number of thiophene rings is 1. The smallest absolute Gasteiger partial charge is 0.366 e. The molecule has 0 spiro atoms. The lowest BCUT2D eigenvalue weighted by Gasteiger charge is -1.93. The lowest BCUT2D eigenvalue weighted by molar-refractivity contribution is 0.112. The molecule has 0 aromatic carbocycles. The van der Waals surface area contributed by atoms with Gasteiger partial charge in [-0.25, -0.2) is 0 Å². The van der Waals surface area contributed by atoms with Crippen molar-refractivity contribution in [3.05, 3.63) is 29.3 Å². The Morgan fingerprint density at radius 3 is 2.62 bits per heavy atom. The predicted octanol–water partition coefficient (Wildman–Crippen LogP) is 2.48. The number of halogens is 1. The van der Waals surface area contributed by atoms with Crippen LogP contribution in [0.4, 0.5) is 3.89 Å². The van der Waals surface area contributed by atoms with Gasteiger partial charge in [-0.3, -0.25) is 4.79 Å². The summed E-state index contributed by atoms with van der Waals surface area (Å²) in [4.78, 5) is 11.4. The van der Waals surface area contributed by atoms with Gasteiger partial charge in [0, 0.05) is 4.88 Å². The molecule has 0 amide bonds. The molecule has 0 atom stereocenters. The number of carbonyl (C=O) groups is 1. The minimum absolute atomic E-state index is 0.126. The monoisotopic (exact) mass is 260 g/mol. The van der Waals surface area contributed by atoms with E-state index >= 15 is 0 Å². The van der Waals surface area contributed by atoms with Crippen LogP contribution < -0.4 is 0 Å². The van der Waals surface area contributed by atoms with Crippen molar-refractivity contribution in [3.8, 4) is 10.4 Å². The molecular weight excluding hydrogens is 255 g/mol. The maximum atomic E-state index is 12.8. The number of hydrogen-bond donors (Lipinski definition) is 0. The highest BCUT2D eigenvalue weighted by Crippen LogP contribution is 2.34. The van der Waals surface area contributed by atoms with E-state index in [2.05, 4.69) is 4.42 Å². The highest BCUT2D eigenvalue weighted by Gasteiger charge is 2.23. The molecule has 2 aromatic rings. The van der Waals surface area contributed by atoms with Crippen molar-refractivity contribution in [1.29, 1.82) is 0 Å². The number of furan rings is 1. The second-order valence-corrected chi connectivity index (χ2v) is 5.24. The molecule has 0 aliphatic heterocycles. The van der Waals surface area contributed by atoms with E-state index in [-0.39, 0.29) is 5.56 Å². The molecule has 2 heterocycles. The molecule has 0 fully saturated rings. The molecule has 0 unspecified atom stereocenters. The largest absolute Gasteiger partial charge is 0.450 e. The SMILES string of the molecule is O=Cc1ccc(-c2ccoc2S(=O)(=O)F)s1. The Balaban J connectivity index is 2.57. The Hall–Kier alpha value is -1.47. The number of rotatable bonds is 3. The van der Waals surface area contributed by atoms with Crippen LogP contribution in [0.3, 0.4) is 0 Å². The molecule has 0 N–H and O–H groups in total. The van der Waals surface area contributed by atoms with E-state index in [1.807, 2.05) is 0 Å². The highest BCUT2D eigenvalue weighted by atomic mass is 32.3. The van der Waals surface area contributed by atoms with Crippen LogP contribution in [0, 0.1) is 0 Å². The van der Waals surface area contributed by atoms with Crippen molar-refractivity contribution in [2.75, 3.05) is 0 Å². The average molecular weight is 260 g/mol. The number of carbonyl (C=O) groups excluding carboxylic acids is 1. The van der Waals surface area contributed by atoms with Gasteiger partial charge >= 0.3 is 10.2 Å². The van der Waals surface area contributed by atoms with Gasteiger partial charge in [-0.1, -0.05) is 3.89 Å². The topological polar surface area (TPSA) is 64.3 Å². The van der Waals surface area contributed by atoms with Crippen LogP contribution in [0.25, 0.3) is 10.4 Å². The van der Waals surface area contributed by atoms with Crippen LogP contribution in [-0.4, -0.2) is 14.7 Å². The molecule has 16 heavy (non-hydrogen) atoms. The van der Waals surface area contributed by atoms with E-state index in [1.165, 1.54) is 18.2 Å². The zero-order valence-electron chi connectivity index (χ0n) is 7.71. The molecule has 0 aliphatic rings. The van der Waals surface area contributed by atoms with Crippen LogP contribution in [0.1, 0.15) is 9.67 Å². The van der Waals surface area contributed by atoms with Crippen LogP contribution in [0.2, 0.25) is 0 Å². The first-order chi connectivity index (χ1) is 7.52. The van der Waals surface area contributed by atoms with Crippen molar-refractivity contribution < 1.29 is 21.5 Å². The van der Waals surface area contributed by atoms with Crippen LogP contribution in [-0.2, 0) is 10.2 Å². The molecular formula is C9H5FO4S2. The van der Waals surface area contributed by atoms with E-state index in [9.17, 15) is 17.1 Å². The molecule has 4 nitrogen and oxygen atoms in total. The van der Waals surface area contributed by atoms with Crippen LogP contribution in [0.15, 0.2) is 34.0 Å². The molecule has 0 aliphatic carbocycles. The summed E-state index contributed by atoms with van der Waals surface area (Å²) in [7, 11) is -4.88. The summed E-state index contributed by atoms with van der Waals surface area (Å²) in [6.45, 7) is 0. The van der Waals surface area contributed by atoms with Gasteiger partial charge in [-0.15, -0.1) is 11.3 Å². The summed E-state index contributed by atoms with van der Waals surface area (Å²) >= 11 is 1.06. The third-order valence-electron chi connectivity index (χ3n) is 1.86. The lowest BCUT2D eigenvalue weighted by Crippen LogP contribution is -1.90. The molecule has 0 bridgehead atoms. The minimum atomic E-state index is -4.88. The summed E-state index contributed by atoms with van der Waals surface area (Å²) in [6, 6.07) is 4.40. The van der Waals surface area contributed by atoms with Gasteiger partial charge in [0.05, 0.1) is 16.7 Å². The van der Waals surface area contributed by atoms with E-state index < -0.39 is 15.3 Å². The molecule has 0 radical (unpaired) electrons. The van der Waals surface area contributed by atoms with Crippen molar-refractivity contribution in [2.24, 2.45) is 0 Å². The summed E-state index contributed by atoms with van der Waals surface area (Å²) in [6.07, 6.45) is 1.72. The summed E-state index contributed by atoms with van der Waals surface area (Å²) in [5.41, 5.74) is 0.126.